The highest BCUT2D eigenvalue weighted by molar-refractivity contribution is 6.00. The first-order valence-electron chi connectivity index (χ1n) is 6.29. The van der Waals surface area contributed by atoms with Crippen LogP contribution in [0.25, 0.3) is 0 Å². The molecule has 0 saturated heterocycles. The highest BCUT2D eigenvalue weighted by Gasteiger charge is 2.49. The molecule has 102 valence electrons. The maximum absolute atomic E-state index is 12.3. The van der Waals surface area contributed by atoms with Crippen molar-refractivity contribution in [2.75, 3.05) is 11.4 Å². The lowest BCUT2D eigenvalue weighted by Gasteiger charge is -2.23. The Kier molecular flexibility index (Phi) is 3.46. The van der Waals surface area contributed by atoms with Crippen LogP contribution in [0.5, 0.6) is 5.75 Å². The predicted octanol–water partition coefficient (Wildman–Crippen LogP) is 1.77. The molecule has 0 aliphatic heterocycles. The van der Waals surface area contributed by atoms with Gasteiger partial charge in [0.25, 0.3) is 0 Å². The number of hydrogen-bond donors (Lipinski definition) is 2. The first-order valence-corrected chi connectivity index (χ1v) is 6.29. The van der Waals surface area contributed by atoms with Gasteiger partial charge in [-0.3, -0.25) is 9.59 Å². The Morgan fingerprint density at radius 1 is 1.37 bits per heavy atom. The van der Waals surface area contributed by atoms with Crippen LogP contribution in [0.3, 0.4) is 0 Å². The molecule has 0 heterocycles. The number of benzene rings is 1. The summed E-state index contributed by atoms with van der Waals surface area (Å²) in [6.45, 7) is 4.14. The van der Waals surface area contributed by atoms with Crippen LogP contribution in [0, 0.1) is 18.8 Å². The summed E-state index contributed by atoms with van der Waals surface area (Å²) in [6.07, 6.45) is 0.405. The second-order valence-corrected chi connectivity index (χ2v) is 4.84. The number of carboxylic acid groups (broad SMARTS) is 1. The number of rotatable bonds is 4. The molecule has 0 spiro atoms. The number of carbonyl (C=O) groups excluding carboxylic acids is 1. The van der Waals surface area contributed by atoms with Gasteiger partial charge in [-0.05, 0) is 31.9 Å². The van der Waals surface area contributed by atoms with E-state index in [1.54, 1.807) is 17.0 Å². The van der Waals surface area contributed by atoms with Crippen LogP contribution >= 0.6 is 0 Å². The zero-order valence-electron chi connectivity index (χ0n) is 11.0. The predicted molar refractivity (Wildman–Crippen MR) is 70.1 cm³/mol. The quantitative estimate of drug-likeness (QED) is 0.868. The van der Waals surface area contributed by atoms with Gasteiger partial charge in [-0.15, -0.1) is 0 Å². The number of aromatic hydroxyl groups is 1. The van der Waals surface area contributed by atoms with E-state index in [9.17, 15) is 14.7 Å². The molecule has 0 radical (unpaired) electrons. The molecule has 2 unspecified atom stereocenters. The minimum atomic E-state index is -0.915. The van der Waals surface area contributed by atoms with Crippen molar-refractivity contribution in [3.8, 4) is 5.75 Å². The largest absolute Gasteiger partial charge is 0.508 e. The van der Waals surface area contributed by atoms with Crippen molar-refractivity contribution in [1.29, 1.82) is 0 Å². The Hall–Kier alpha value is -2.04. The molecule has 0 aromatic heterocycles. The van der Waals surface area contributed by atoms with E-state index in [0.29, 0.717) is 18.7 Å². The van der Waals surface area contributed by atoms with Gasteiger partial charge < -0.3 is 15.1 Å². The van der Waals surface area contributed by atoms with Gasteiger partial charge in [0.1, 0.15) is 5.75 Å². The Labute approximate surface area is 111 Å². The highest BCUT2D eigenvalue weighted by atomic mass is 16.4. The number of aryl methyl sites for hydroxylation is 1. The number of nitrogens with zero attached hydrogens (tertiary/aromatic N) is 1. The average Bonchev–Trinajstić information content (AvgIpc) is 3.14. The smallest absolute Gasteiger partial charge is 0.307 e. The van der Waals surface area contributed by atoms with Crippen molar-refractivity contribution >= 4 is 17.6 Å². The van der Waals surface area contributed by atoms with E-state index in [0.717, 1.165) is 5.56 Å². The van der Waals surface area contributed by atoms with Crippen LogP contribution in [0.15, 0.2) is 18.2 Å². The maximum atomic E-state index is 12.3. The Morgan fingerprint density at radius 2 is 2.05 bits per heavy atom. The highest BCUT2D eigenvalue weighted by Crippen LogP contribution is 2.41. The fourth-order valence-corrected chi connectivity index (χ4v) is 2.27. The van der Waals surface area contributed by atoms with Crippen LogP contribution in [-0.4, -0.2) is 28.6 Å². The van der Waals surface area contributed by atoms with Crippen molar-refractivity contribution in [3.63, 3.8) is 0 Å². The number of phenols is 1. The summed E-state index contributed by atoms with van der Waals surface area (Å²) in [7, 11) is 0. The van der Waals surface area contributed by atoms with E-state index in [-0.39, 0.29) is 11.7 Å². The van der Waals surface area contributed by atoms with Gasteiger partial charge in [-0.25, -0.2) is 0 Å². The topological polar surface area (TPSA) is 77.8 Å². The molecule has 0 bridgehead atoms. The number of hydrogen-bond acceptors (Lipinski definition) is 3. The van der Waals surface area contributed by atoms with Crippen LogP contribution in [0.4, 0.5) is 5.69 Å². The van der Waals surface area contributed by atoms with Gasteiger partial charge in [0.05, 0.1) is 17.5 Å². The Balaban J connectivity index is 2.23. The van der Waals surface area contributed by atoms with Crippen molar-refractivity contribution in [2.24, 2.45) is 11.8 Å². The molecule has 1 aromatic carbocycles. The second-order valence-electron chi connectivity index (χ2n) is 4.84. The molecule has 2 atom stereocenters. The van der Waals surface area contributed by atoms with Gasteiger partial charge in [-0.2, -0.15) is 0 Å². The number of carbonyl (C=O) groups is 2. The zero-order chi connectivity index (χ0) is 14.2. The normalized spacial score (nSPS) is 20.9. The van der Waals surface area contributed by atoms with Crippen molar-refractivity contribution in [1.82, 2.24) is 0 Å². The summed E-state index contributed by atoms with van der Waals surface area (Å²) < 4.78 is 0. The Bertz CT molecular complexity index is 526. The summed E-state index contributed by atoms with van der Waals surface area (Å²) in [5, 5.41) is 18.4. The SMILES string of the molecule is CCN(C(=O)C1CC1C(=O)O)c1cc(O)ccc1C. The molecular weight excluding hydrogens is 246 g/mol. The van der Waals surface area contributed by atoms with Crippen LogP contribution < -0.4 is 4.90 Å². The van der Waals surface area contributed by atoms with E-state index in [1.807, 2.05) is 13.8 Å². The fourth-order valence-electron chi connectivity index (χ4n) is 2.27. The third kappa shape index (κ3) is 2.54. The molecule has 1 aliphatic carbocycles. The van der Waals surface area contributed by atoms with E-state index >= 15 is 0 Å². The number of carboxylic acids is 1. The lowest BCUT2D eigenvalue weighted by Crippen LogP contribution is -2.33. The van der Waals surface area contributed by atoms with Gasteiger partial charge in [0.15, 0.2) is 0 Å². The molecule has 1 saturated carbocycles. The molecule has 5 nitrogen and oxygen atoms in total. The summed E-state index contributed by atoms with van der Waals surface area (Å²) >= 11 is 0. The number of amides is 1. The molecule has 1 aromatic rings. The lowest BCUT2D eigenvalue weighted by atomic mass is 10.1. The number of aliphatic carboxylic acids is 1. The molecular formula is C14H17NO4. The third-order valence-electron chi connectivity index (χ3n) is 3.49. The first kappa shape index (κ1) is 13.4. The molecule has 19 heavy (non-hydrogen) atoms. The fraction of sp³-hybridized carbons (Fsp3) is 0.429. The minimum Gasteiger partial charge on any atom is -0.508 e. The van der Waals surface area contributed by atoms with E-state index < -0.39 is 17.8 Å². The molecule has 5 heteroatoms. The summed E-state index contributed by atoms with van der Waals surface area (Å²) in [5.74, 6) is -1.98. The Morgan fingerprint density at radius 3 is 2.58 bits per heavy atom. The molecule has 1 aliphatic rings. The summed E-state index contributed by atoms with van der Waals surface area (Å²) in [6, 6.07) is 4.84. The van der Waals surface area contributed by atoms with Crippen molar-refractivity contribution in [3.05, 3.63) is 23.8 Å². The van der Waals surface area contributed by atoms with Crippen molar-refractivity contribution in [2.45, 2.75) is 20.3 Å². The molecule has 2 N–H and O–H groups in total. The van der Waals surface area contributed by atoms with Crippen LogP contribution in [0.1, 0.15) is 18.9 Å². The van der Waals surface area contributed by atoms with Gasteiger partial charge in [0.2, 0.25) is 5.91 Å². The van der Waals surface area contributed by atoms with E-state index in [4.69, 9.17) is 5.11 Å². The molecule has 1 fully saturated rings. The zero-order valence-corrected chi connectivity index (χ0v) is 11.0. The summed E-state index contributed by atoms with van der Waals surface area (Å²) in [5.41, 5.74) is 1.52. The third-order valence-corrected chi connectivity index (χ3v) is 3.49. The van der Waals surface area contributed by atoms with Crippen LogP contribution in [-0.2, 0) is 9.59 Å². The van der Waals surface area contributed by atoms with E-state index in [2.05, 4.69) is 0 Å². The maximum Gasteiger partial charge on any atom is 0.307 e. The monoisotopic (exact) mass is 263 g/mol. The standard InChI is InChI=1S/C14H17NO4/c1-3-15(12-6-9(16)5-4-8(12)2)13(17)10-7-11(10)14(18)19/h4-6,10-11,16H,3,7H2,1-2H3,(H,18,19). The van der Waals surface area contributed by atoms with E-state index in [1.165, 1.54) is 6.07 Å². The van der Waals surface area contributed by atoms with Gasteiger partial charge >= 0.3 is 5.97 Å². The summed E-state index contributed by atoms with van der Waals surface area (Å²) in [4.78, 5) is 24.7. The lowest BCUT2D eigenvalue weighted by molar-refractivity contribution is -0.140. The first-order chi connectivity index (χ1) is 8.95. The van der Waals surface area contributed by atoms with Gasteiger partial charge in [-0.1, -0.05) is 6.07 Å². The number of anilines is 1. The second kappa shape index (κ2) is 4.91. The number of phenolic OH excluding ortho intramolecular Hbond substituents is 1. The molecule has 1 amide bonds. The minimum absolute atomic E-state index is 0.0948. The van der Waals surface area contributed by atoms with Crippen LogP contribution in [0.2, 0.25) is 0 Å². The van der Waals surface area contributed by atoms with Crippen molar-refractivity contribution < 1.29 is 19.8 Å². The van der Waals surface area contributed by atoms with Gasteiger partial charge in [0, 0.05) is 12.6 Å². The average molecular weight is 263 g/mol. The molecule has 2 rings (SSSR count).